The molecule has 0 aliphatic rings. The van der Waals surface area contributed by atoms with Gasteiger partial charge in [0.15, 0.2) is 0 Å². The van der Waals surface area contributed by atoms with Gasteiger partial charge in [-0.3, -0.25) is 9.59 Å². The molecule has 138 valence electrons. The van der Waals surface area contributed by atoms with Crippen molar-refractivity contribution in [1.82, 2.24) is 15.2 Å². The smallest absolute Gasteiger partial charge is 0.272 e. The van der Waals surface area contributed by atoms with Crippen molar-refractivity contribution in [3.63, 3.8) is 0 Å². The van der Waals surface area contributed by atoms with Crippen LogP contribution in [0.3, 0.4) is 0 Å². The number of aromatic nitrogens is 3. The van der Waals surface area contributed by atoms with Gasteiger partial charge >= 0.3 is 0 Å². The molecule has 0 saturated carbocycles. The highest BCUT2D eigenvalue weighted by molar-refractivity contribution is 6.35. The largest absolute Gasteiger partial charge is 0.321 e. The number of pyridine rings is 1. The van der Waals surface area contributed by atoms with Crippen molar-refractivity contribution in [2.24, 2.45) is 0 Å². The third-order valence-corrected chi connectivity index (χ3v) is 4.82. The van der Waals surface area contributed by atoms with Crippen LogP contribution in [0.2, 0.25) is 10.2 Å². The van der Waals surface area contributed by atoms with Crippen molar-refractivity contribution >= 4 is 45.6 Å². The average Bonchev–Trinajstić information content (AvgIpc) is 2.70. The summed E-state index contributed by atoms with van der Waals surface area (Å²) in [6.45, 7) is 0. The molecule has 1 amide bonds. The number of hydrogen-bond acceptors (Lipinski definition) is 4. The van der Waals surface area contributed by atoms with Gasteiger partial charge in [0.25, 0.3) is 11.5 Å². The predicted molar refractivity (Wildman–Crippen MR) is 110 cm³/mol. The van der Waals surface area contributed by atoms with Gasteiger partial charge in [0.1, 0.15) is 5.15 Å². The van der Waals surface area contributed by atoms with Crippen molar-refractivity contribution in [2.75, 3.05) is 5.32 Å². The number of rotatable bonds is 3. The number of halogens is 2. The summed E-state index contributed by atoms with van der Waals surface area (Å²) in [5.41, 5.74) is 1.61. The molecule has 0 aliphatic carbocycles. The lowest BCUT2D eigenvalue weighted by Gasteiger charge is -2.11. The summed E-state index contributed by atoms with van der Waals surface area (Å²) in [5.74, 6) is -0.434. The van der Waals surface area contributed by atoms with Gasteiger partial charge in [0, 0.05) is 17.1 Å². The lowest BCUT2D eigenvalue weighted by Crippen LogP contribution is -2.13. The van der Waals surface area contributed by atoms with E-state index in [0.717, 1.165) is 0 Å². The Balaban J connectivity index is 1.77. The van der Waals surface area contributed by atoms with E-state index in [4.69, 9.17) is 23.2 Å². The number of fused-ring (bicyclic) bond motifs is 1. The van der Waals surface area contributed by atoms with Crippen LogP contribution in [-0.4, -0.2) is 21.1 Å². The van der Waals surface area contributed by atoms with E-state index in [0.29, 0.717) is 32.7 Å². The van der Waals surface area contributed by atoms with Crippen molar-refractivity contribution in [3.05, 3.63) is 86.9 Å². The van der Waals surface area contributed by atoms with E-state index < -0.39 is 5.91 Å². The molecule has 0 aliphatic heterocycles. The minimum absolute atomic E-state index is 0.0978. The molecule has 0 radical (unpaired) electrons. The average molecular weight is 411 g/mol. The summed E-state index contributed by atoms with van der Waals surface area (Å²) in [6.07, 6.45) is 1.50. The van der Waals surface area contributed by atoms with E-state index in [9.17, 15) is 9.59 Å². The highest BCUT2D eigenvalue weighted by Gasteiger charge is 2.15. The number of nitrogens with zero attached hydrogens (tertiary/aromatic N) is 2. The van der Waals surface area contributed by atoms with Gasteiger partial charge in [0.05, 0.1) is 27.4 Å². The molecule has 0 bridgehead atoms. The summed E-state index contributed by atoms with van der Waals surface area (Å²) in [4.78, 5) is 28.4. The number of carbonyl (C=O) groups excluding carboxylic acids is 1. The Morgan fingerprint density at radius 2 is 1.79 bits per heavy atom. The first-order valence-corrected chi connectivity index (χ1v) is 8.99. The molecule has 0 fully saturated rings. The number of aromatic amines is 1. The van der Waals surface area contributed by atoms with Gasteiger partial charge in [-0.2, -0.15) is 5.10 Å². The standard InChI is InChI=1S/C20H12Cl2N4O2/c21-15-8-7-11(17-12-4-1-2-5-13(12)20(28)26-25-17)10-16(15)24-19(27)14-6-3-9-23-18(14)22/h1-10H,(H,24,27)(H,26,28). The van der Waals surface area contributed by atoms with E-state index in [1.807, 2.05) is 12.1 Å². The van der Waals surface area contributed by atoms with Crippen molar-refractivity contribution in [1.29, 1.82) is 0 Å². The van der Waals surface area contributed by atoms with Crippen LogP contribution < -0.4 is 10.9 Å². The van der Waals surface area contributed by atoms with E-state index in [1.165, 1.54) is 6.20 Å². The van der Waals surface area contributed by atoms with Gasteiger partial charge in [-0.25, -0.2) is 10.1 Å². The van der Waals surface area contributed by atoms with E-state index in [1.54, 1.807) is 42.5 Å². The fraction of sp³-hybridized carbons (Fsp3) is 0. The van der Waals surface area contributed by atoms with Crippen LogP contribution in [0.1, 0.15) is 10.4 Å². The molecule has 0 spiro atoms. The minimum Gasteiger partial charge on any atom is -0.321 e. The molecule has 8 heteroatoms. The summed E-state index contributed by atoms with van der Waals surface area (Å²) < 4.78 is 0. The fourth-order valence-electron chi connectivity index (χ4n) is 2.85. The Kier molecular flexibility index (Phi) is 4.81. The van der Waals surface area contributed by atoms with Crippen LogP contribution >= 0.6 is 23.2 Å². The molecule has 2 aromatic heterocycles. The Labute approximate surface area is 169 Å². The van der Waals surface area contributed by atoms with Crippen LogP contribution in [0, 0.1) is 0 Å². The van der Waals surface area contributed by atoms with Gasteiger partial charge in [0.2, 0.25) is 0 Å². The molecule has 28 heavy (non-hydrogen) atoms. The molecular weight excluding hydrogens is 399 g/mol. The van der Waals surface area contributed by atoms with Gasteiger partial charge < -0.3 is 5.32 Å². The topological polar surface area (TPSA) is 87.7 Å². The number of amides is 1. The Morgan fingerprint density at radius 3 is 2.57 bits per heavy atom. The van der Waals surface area contributed by atoms with Gasteiger partial charge in [-0.05, 0) is 30.3 Å². The third-order valence-electron chi connectivity index (χ3n) is 4.19. The fourth-order valence-corrected chi connectivity index (χ4v) is 3.22. The molecule has 4 aromatic rings. The van der Waals surface area contributed by atoms with Crippen LogP contribution in [0.25, 0.3) is 22.0 Å². The predicted octanol–water partition coefficient (Wildman–Crippen LogP) is 4.54. The Morgan fingerprint density at radius 1 is 1.00 bits per heavy atom. The SMILES string of the molecule is O=C(Nc1cc(-c2n[nH]c(=O)c3ccccc23)ccc1Cl)c1cccnc1Cl. The molecule has 2 heterocycles. The molecule has 6 nitrogen and oxygen atoms in total. The van der Waals surface area contributed by atoms with Crippen molar-refractivity contribution in [2.45, 2.75) is 0 Å². The maximum Gasteiger partial charge on any atom is 0.272 e. The number of anilines is 1. The molecular formula is C20H12Cl2N4O2. The molecule has 0 unspecified atom stereocenters. The van der Waals surface area contributed by atoms with Crippen LogP contribution in [-0.2, 0) is 0 Å². The lowest BCUT2D eigenvalue weighted by atomic mass is 10.0. The number of H-pyrrole nitrogens is 1. The minimum atomic E-state index is -0.434. The number of hydrogen-bond donors (Lipinski definition) is 2. The summed E-state index contributed by atoms with van der Waals surface area (Å²) in [5, 5.41) is 11.1. The van der Waals surface area contributed by atoms with Crippen LogP contribution in [0.15, 0.2) is 65.6 Å². The maximum atomic E-state index is 12.5. The zero-order valence-corrected chi connectivity index (χ0v) is 15.8. The second-order valence-electron chi connectivity index (χ2n) is 5.94. The van der Waals surface area contributed by atoms with Crippen LogP contribution in [0.4, 0.5) is 5.69 Å². The molecule has 2 aromatic carbocycles. The second kappa shape index (κ2) is 7.42. The Bertz CT molecular complexity index is 1270. The third kappa shape index (κ3) is 3.35. The van der Waals surface area contributed by atoms with Gasteiger partial charge in [-0.1, -0.05) is 47.5 Å². The second-order valence-corrected chi connectivity index (χ2v) is 6.70. The first-order valence-electron chi connectivity index (χ1n) is 8.24. The zero-order valence-electron chi connectivity index (χ0n) is 14.2. The number of nitrogens with one attached hydrogen (secondary N) is 2. The van der Waals surface area contributed by atoms with Crippen molar-refractivity contribution < 1.29 is 4.79 Å². The van der Waals surface area contributed by atoms with Crippen molar-refractivity contribution in [3.8, 4) is 11.3 Å². The zero-order chi connectivity index (χ0) is 19.7. The maximum absolute atomic E-state index is 12.5. The van der Waals surface area contributed by atoms with E-state index in [-0.39, 0.29) is 16.3 Å². The summed E-state index contributed by atoms with van der Waals surface area (Å²) >= 11 is 12.2. The quantitative estimate of drug-likeness (QED) is 0.485. The highest BCUT2D eigenvalue weighted by Crippen LogP contribution is 2.31. The first kappa shape index (κ1) is 18.2. The Hall–Kier alpha value is -3.22. The lowest BCUT2D eigenvalue weighted by molar-refractivity contribution is 0.102. The van der Waals surface area contributed by atoms with E-state index in [2.05, 4.69) is 20.5 Å². The summed E-state index contributed by atoms with van der Waals surface area (Å²) in [6, 6.07) is 15.5. The highest BCUT2D eigenvalue weighted by atomic mass is 35.5. The number of benzene rings is 2. The van der Waals surface area contributed by atoms with Crippen LogP contribution in [0.5, 0.6) is 0 Å². The first-order chi connectivity index (χ1) is 13.5. The molecule has 0 atom stereocenters. The molecule has 0 saturated heterocycles. The summed E-state index contributed by atoms with van der Waals surface area (Å²) in [7, 11) is 0. The monoisotopic (exact) mass is 410 g/mol. The van der Waals surface area contributed by atoms with Gasteiger partial charge in [-0.15, -0.1) is 0 Å². The normalized spacial score (nSPS) is 10.8. The van der Waals surface area contributed by atoms with E-state index >= 15 is 0 Å². The molecule has 4 rings (SSSR count). The number of carbonyl (C=O) groups is 1. The molecule has 2 N–H and O–H groups in total.